The number of halogens is 3. The Morgan fingerprint density at radius 2 is 1.48 bits per heavy atom. The third kappa shape index (κ3) is 5.82. The number of alkyl halides is 3. The van der Waals surface area contributed by atoms with Crippen molar-refractivity contribution in [3.8, 4) is 11.1 Å². The van der Waals surface area contributed by atoms with Crippen LogP contribution < -0.4 is 0 Å². The van der Waals surface area contributed by atoms with Gasteiger partial charge in [-0.25, -0.2) is 9.59 Å². The molecule has 0 bridgehead atoms. The quantitative estimate of drug-likeness (QED) is 0.853. The second kappa shape index (κ2) is 7.98. The highest BCUT2D eigenvalue weighted by Crippen LogP contribution is 2.20. The van der Waals surface area contributed by atoms with E-state index in [9.17, 15) is 18.0 Å². The van der Waals surface area contributed by atoms with E-state index < -0.39 is 12.1 Å². The number of esters is 1. The molecule has 0 aliphatic rings. The molecule has 23 heavy (non-hydrogen) atoms. The summed E-state index contributed by atoms with van der Waals surface area (Å²) < 4.78 is 36.4. The van der Waals surface area contributed by atoms with Gasteiger partial charge in [-0.05, 0) is 23.3 Å². The third-order valence-electron chi connectivity index (χ3n) is 2.63. The summed E-state index contributed by atoms with van der Waals surface area (Å²) >= 11 is 0. The smallest absolute Gasteiger partial charge is 0.475 e. The molecule has 4 nitrogen and oxygen atoms in total. The fraction of sp³-hybridized carbons (Fsp3) is 0.125. The lowest BCUT2D eigenvalue weighted by atomic mass is 10.0. The lowest BCUT2D eigenvalue weighted by Crippen LogP contribution is -2.21. The summed E-state index contributed by atoms with van der Waals surface area (Å²) in [5.41, 5.74) is 2.68. The van der Waals surface area contributed by atoms with Crippen LogP contribution in [0.2, 0.25) is 0 Å². The molecule has 0 spiro atoms. The van der Waals surface area contributed by atoms with Crippen LogP contribution in [0, 0.1) is 0 Å². The Bertz CT molecular complexity index is 667. The van der Waals surface area contributed by atoms with Crippen LogP contribution in [0.5, 0.6) is 0 Å². The molecule has 1 N–H and O–H groups in total. The molecule has 0 unspecified atom stereocenters. The summed E-state index contributed by atoms with van der Waals surface area (Å²) in [5.74, 6) is -3.06. The Balaban J connectivity index is 0.000000322. The van der Waals surface area contributed by atoms with Crippen LogP contribution in [0.1, 0.15) is 10.4 Å². The lowest BCUT2D eigenvalue weighted by molar-refractivity contribution is -0.192. The molecule has 0 amide bonds. The molecule has 2 aromatic rings. The number of hydrogen-bond donors (Lipinski definition) is 1. The highest BCUT2D eigenvalue weighted by molar-refractivity contribution is 5.90. The predicted octanol–water partition coefficient (Wildman–Crippen LogP) is 3.77. The SMILES string of the molecule is COC(=O)c1cccc(-c2ccccc2)c1.O=C(O)C(F)(F)F. The zero-order valence-corrected chi connectivity index (χ0v) is 12.0. The van der Waals surface area contributed by atoms with Gasteiger partial charge in [-0.15, -0.1) is 0 Å². The number of carboxylic acid groups (broad SMARTS) is 1. The number of benzene rings is 2. The number of methoxy groups -OCH3 is 1. The van der Waals surface area contributed by atoms with Gasteiger partial charge in [-0.3, -0.25) is 0 Å². The van der Waals surface area contributed by atoms with Gasteiger partial charge in [0.2, 0.25) is 0 Å². The van der Waals surface area contributed by atoms with Crippen LogP contribution in [0.4, 0.5) is 13.2 Å². The number of ether oxygens (including phenoxy) is 1. The van der Waals surface area contributed by atoms with E-state index in [2.05, 4.69) is 4.74 Å². The van der Waals surface area contributed by atoms with Gasteiger partial charge in [0.15, 0.2) is 0 Å². The van der Waals surface area contributed by atoms with Crippen molar-refractivity contribution in [3.63, 3.8) is 0 Å². The Morgan fingerprint density at radius 1 is 0.957 bits per heavy atom. The van der Waals surface area contributed by atoms with E-state index in [1.807, 2.05) is 48.5 Å². The molecule has 2 aromatic carbocycles. The average Bonchev–Trinajstić information content (AvgIpc) is 2.54. The minimum Gasteiger partial charge on any atom is -0.475 e. The molecular formula is C16H13F3O4. The van der Waals surface area contributed by atoms with Crippen molar-refractivity contribution in [3.05, 3.63) is 60.2 Å². The molecule has 0 radical (unpaired) electrons. The number of carbonyl (C=O) groups is 2. The van der Waals surface area contributed by atoms with Gasteiger partial charge >= 0.3 is 18.1 Å². The fourth-order valence-corrected chi connectivity index (χ4v) is 1.57. The molecule has 0 fully saturated rings. The maximum absolute atomic E-state index is 11.4. The van der Waals surface area contributed by atoms with E-state index in [0.29, 0.717) is 5.56 Å². The number of carboxylic acids is 1. The molecule has 0 atom stereocenters. The van der Waals surface area contributed by atoms with Gasteiger partial charge in [-0.1, -0.05) is 42.5 Å². The zero-order valence-electron chi connectivity index (χ0n) is 12.0. The summed E-state index contributed by atoms with van der Waals surface area (Å²) in [6.45, 7) is 0. The first-order valence-electron chi connectivity index (χ1n) is 6.29. The van der Waals surface area contributed by atoms with Gasteiger partial charge in [0.1, 0.15) is 0 Å². The van der Waals surface area contributed by atoms with Crippen molar-refractivity contribution < 1.29 is 32.6 Å². The largest absolute Gasteiger partial charge is 0.490 e. The molecule has 0 saturated carbocycles. The van der Waals surface area contributed by atoms with Crippen LogP contribution in [0.15, 0.2) is 54.6 Å². The van der Waals surface area contributed by atoms with E-state index in [1.54, 1.807) is 6.07 Å². The summed E-state index contributed by atoms with van der Waals surface area (Å²) in [6.07, 6.45) is -5.08. The van der Waals surface area contributed by atoms with Gasteiger partial charge in [0, 0.05) is 0 Å². The van der Waals surface area contributed by atoms with Crippen molar-refractivity contribution in [1.29, 1.82) is 0 Å². The number of hydrogen-bond acceptors (Lipinski definition) is 3. The lowest BCUT2D eigenvalue weighted by Gasteiger charge is -2.03. The summed E-state index contributed by atoms with van der Waals surface area (Å²) in [7, 11) is 1.39. The van der Waals surface area contributed by atoms with Gasteiger partial charge in [0.25, 0.3) is 0 Å². The molecule has 122 valence electrons. The standard InChI is InChI=1S/C14H12O2.C2HF3O2/c1-16-14(15)13-9-5-8-12(10-13)11-6-3-2-4-7-11;3-2(4,5)1(6)7/h2-10H,1H3;(H,6,7). The maximum Gasteiger partial charge on any atom is 0.490 e. The second-order valence-electron chi connectivity index (χ2n) is 4.24. The van der Waals surface area contributed by atoms with Crippen LogP contribution >= 0.6 is 0 Å². The highest BCUT2D eigenvalue weighted by atomic mass is 19.4. The Hall–Kier alpha value is -2.83. The zero-order chi connectivity index (χ0) is 17.5. The van der Waals surface area contributed by atoms with Gasteiger partial charge < -0.3 is 9.84 Å². The van der Waals surface area contributed by atoms with E-state index in [4.69, 9.17) is 9.90 Å². The topological polar surface area (TPSA) is 63.6 Å². The first kappa shape index (κ1) is 18.2. The number of aliphatic carboxylic acids is 1. The van der Waals surface area contributed by atoms with E-state index in [-0.39, 0.29) is 5.97 Å². The molecule has 0 saturated heterocycles. The summed E-state index contributed by atoms with van der Waals surface area (Å²) in [6, 6.07) is 17.3. The van der Waals surface area contributed by atoms with Crippen molar-refractivity contribution in [2.24, 2.45) is 0 Å². The van der Waals surface area contributed by atoms with Crippen molar-refractivity contribution in [2.45, 2.75) is 6.18 Å². The van der Waals surface area contributed by atoms with E-state index in [0.717, 1.165) is 11.1 Å². The Labute approximate surface area is 130 Å². The van der Waals surface area contributed by atoms with E-state index >= 15 is 0 Å². The van der Waals surface area contributed by atoms with Crippen LogP contribution in [0.25, 0.3) is 11.1 Å². The molecule has 0 aromatic heterocycles. The third-order valence-corrected chi connectivity index (χ3v) is 2.63. The second-order valence-corrected chi connectivity index (χ2v) is 4.24. The van der Waals surface area contributed by atoms with Crippen LogP contribution in [0.3, 0.4) is 0 Å². The Kier molecular flexibility index (Phi) is 6.32. The molecule has 2 rings (SSSR count). The van der Waals surface area contributed by atoms with Crippen molar-refractivity contribution in [2.75, 3.05) is 7.11 Å². The molecule has 0 heterocycles. The van der Waals surface area contributed by atoms with E-state index in [1.165, 1.54) is 7.11 Å². The van der Waals surface area contributed by atoms with Crippen LogP contribution in [-0.4, -0.2) is 30.3 Å². The van der Waals surface area contributed by atoms with Crippen molar-refractivity contribution in [1.82, 2.24) is 0 Å². The maximum atomic E-state index is 11.4. The normalized spacial score (nSPS) is 10.3. The summed E-state index contributed by atoms with van der Waals surface area (Å²) in [4.78, 5) is 20.3. The van der Waals surface area contributed by atoms with Crippen molar-refractivity contribution >= 4 is 11.9 Å². The van der Waals surface area contributed by atoms with Gasteiger partial charge in [-0.2, -0.15) is 13.2 Å². The molecule has 0 aliphatic carbocycles. The highest BCUT2D eigenvalue weighted by Gasteiger charge is 2.38. The average molecular weight is 326 g/mol. The number of rotatable bonds is 2. The van der Waals surface area contributed by atoms with Gasteiger partial charge in [0.05, 0.1) is 12.7 Å². The van der Waals surface area contributed by atoms with Crippen LogP contribution in [-0.2, 0) is 9.53 Å². The monoisotopic (exact) mass is 326 g/mol. The number of carbonyl (C=O) groups excluding carboxylic acids is 1. The Morgan fingerprint density at radius 3 is 1.96 bits per heavy atom. The predicted molar refractivity (Wildman–Crippen MR) is 76.9 cm³/mol. The molecule has 7 heteroatoms. The first-order valence-corrected chi connectivity index (χ1v) is 6.29. The minimum atomic E-state index is -5.08. The fourth-order valence-electron chi connectivity index (χ4n) is 1.57. The molecular weight excluding hydrogens is 313 g/mol. The molecule has 0 aliphatic heterocycles. The first-order chi connectivity index (χ1) is 10.8. The minimum absolute atomic E-state index is 0.308. The summed E-state index contributed by atoms with van der Waals surface area (Å²) in [5, 5.41) is 7.12.